The normalized spacial score (nSPS) is 17.1. The number of hydrogen-bond acceptors (Lipinski definition) is 5. The largest absolute Gasteiger partial charge is 0.507 e. The van der Waals surface area contributed by atoms with Gasteiger partial charge in [-0.15, -0.1) is 0 Å². The first-order valence-electron chi connectivity index (χ1n) is 12.1. The lowest BCUT2D eigenvalue weighted by Gasteiger charge is -2.27. The van der Waals surface area contributed by atoms with Crippen molar-refractivity contribution in [2.45, 2.75) is 46.8 Å². The molecule has 1 saturated heterocycles. The highest BCUT2D eigenvalue weighted by molar-refractivity contribution is 6.51. The molecule has 3 aromatic carbocycles. The molecule has 0 spiro atoms. The van der Waals surface area contributed by atoms with Crippen LogP contribution in [0.3, 0.4) is 0 Å². The van der Waals surface area contributed by atoms with Crippen LogP contribution in [0.4, 0.5) is 5.69 Å². The summed E-state index contributed by atoms with van der Waals surface area (Å²) in [5.41, 5.74) is 3.55. The second kappa shape index (κ2) is 10.3. The van der Waals surface area contributed by atoms with E-state index in [0.717, 1.165) is 16.7 Å². The number of carbonyl (C=O) groups excluding carboxylic acids is 2. The molecule has 0 bridgehead atoms. The molecule has 1 atom stereocenters. The van der Waals surface area contributed by atoms with Crippen LogP contribution in [0.25, 0.3) is 5.76 Å². The van der Waals surface area contributed by atoms with Gasteiger partial charge in [-0.3, -0.25) is 14.5 Å². The van der Waals surface area contributed by atoms with Gasteiger partial charge < -0.3 is 14.6 Å². The SMILES string of the molecule is CCOc1ccc(N2C(=O)C(=O)/C(=C(/O)c3ccc(OC(C)C)c(C)c3)C2c2ccccc2C)cc1. The molecular formula is C30H31NO5. The van der Waals surface area contributed by atoms with Crippen molar-refractivity contribution in [1.82, 2.24) is 0 Å². The molecule has 36 heavy (non-hydrogen) atoms. The van der Waals surface area contributed by atoms with Gasteiger partial charge in [0.15, 0.2) is 0 Å². The highest BCUT2D eigenvalue weighted by Crippen LogP contribution is 2.43. The minimum atomic E-state index is -0.781. The number of aliphatic hydroxyl groups is 1. The van der Waals surface area contributed by atoms with E-state index in [4.69, 9.17) is 9.47 Å². The Morgan fingerprint density at radius 3 is 2.28 bits per heavy atom. The van der Waals surface area contributed by atoms with Gasteiger partial charge in [-0.2, -0.15) is 0 Å². The molecule has 0 aromatic heterocycles. The van der Waals surface area contributed by atoms with Crippen molar-refractivity contribution in [2.24, 2.45) is 0 Å². The molecule has 3 aromatic rings. The topological polar surface area (TPSA) is 76.1 Å². The molecule has 1 fully saturated rings. The summed E-state index contributed by atoms with van der Waals surface area (Å²) in [4.78, 5) is 28.2. The van der Waals surface area contributed by atoms with E-state index in [1.54, 1.807) is 42.5 Å². The summed E-state index contributed by atoms with van der Waals surface area (Å²) >= 11 is 0. The zero-order chi connectivity index (χ0) is 26.0. The molecule has 0 saturated carbocycles. The van der Waals surface area contributed by atoms with Crippen LogP contribution in [-0.4, -0.2) is 29.5 Å². The van der Waals surface area contributed by atoms with Crippen molar-refractivity contribution in [3.8, 4) is 11.5 Å². The average molecular weight is 486 g/mol. The Morgan fingerprint density at radius 2 is 1.67 bits per heavy atom. The molecule has 1 heterocycles. The Morgan fingerprint density at radius 1 is 0.972 bits per heavy atom. The van der Waals surface area contributed by atoms with Crippen molar-refractivity contribution in [2.75, 3.05) is 11.5 Å². The number of rotatable bonds is 7. The van der Waals surface area contributed by atoms with Gasteiger partial charge in [-0.1, -0.05) is 24.3 Å². The Balaban J connectivity index is 1.87. The number of carbonyl (C=O) groups is 2. The molecule has 1 unspecified atom stereocenters. The smallest absolute Gasteiger partial charge is 0.300 e. The van der Waals surface area contributed by atoms with Gasteiger partial charge in [-0.25, -0.2) is 0 Å². The summed E-state index contributed by atoms with van der Waals surface area (Å²) in [6.45, 7) is 10.1. The zero-order valence-electron chi connectivity index (χ0n) is 21.2. The maximum atomic E-state index is 13.4. The predicted molar refractivity (Wildman–Crippen MR) is 141 cm³/mol. The van der Waals surface area contributed by atoms with Crippen LogP contribution in [-0.2, 0) is 9.59 Å². The number of anilines is 1. The number of aliphatic hydroxyl groups excluding tert-OH is 1. The minimum Gasteiger partial charge on any atom is -0.507 e. The van der Waals surface area contributed by atoms with Crippen molar-refractivity contribution in [3.05, 3.63) is 94.6 Å². The van der Waals surface area contributed by atoms with Gasteiger partial charge in [0.05, 0.1) is 24.3 Å². The Kier molecular flexibility index (Phi) is 7.15. The second-order valence-corrected chi connectivity index (χ2v) is 9.10. The van der Waals surface area contributed by atoms with Crippen LogP contribution in [0, 0.1) is 13.8 Å². The van der Waals surface area contributed by atoms with E-state index in [2.05, 4.69) is 0 Å². The number of ketones is 1. The van der Waals surface area contributed by atoms with Gasteiger partial charge in [0.25, 0.3) is 11.7 Å². The van der Waals surface area contributed by atoms with Gasteiger partial charge in [0.1, 0.15) is 17.3 Å². The van der Waals surface area contributed by atoms with Gasteiger partial charge >= 0.3 is 0 Å². The van der Waals surface area contributed by atoms with E-state index >= 15 is 0 Å². The third-order valence-electron chi connectivity index (χ3n) is 6.16. The average Bonchev–Trinajstić information content (AvgIpc) is 3.11. The first kappa shape index (κ1) is 25.0. The van der Waals surface area contributed by atoms with Crippen LogP contribution in [0.2, 0.25) is 0 Å². The second-order valence-electron chi connectivity index (χ2n) is 9.10. The summed E-state index contributed by atoms with van der Waals surface area (Å²) in [6.07, 6.45) is 0.00337. The fraction of sp³-hybridized carbons (Fsp3) is 0.267. The molecule has 1 aliphatic heterocycles. The minimum absolute atomic E-state index is 0.00337. The Labute approximate surface area is 211 Å². The fourth-order valence-electron chi connectivity index (χ4n) is 4.49. The lowest BCUT2D eigenvalue weighted by atomic mass is 9.92. The molecule has 186 valence electrons. The standard InChI is InChI=1S/C30H31NO5/c1-6-35-23-14-12-22(13-15-23)31-27(24-10-8-7-9-19(24)4)26(29(33)30(31)34)28(32)21-11-16-25(20(5)17-21)36-18(2)3/h7-18,27,32H,6H2,1-5H3/b28-26+. The Hall–Kier alpha value is -4.06. The number of amides is 1. The van der Waals surface area contributed by atoms with Crippen LogP contribution in [0.15, 0.2) is 72.3 Å². The molecule has 1 N–H and O–H groups in total. The summed E-state index contributed by atoms with van der Waals surface area (Å²) in [7, 11) is 0. The van der Waals surface area contributed by atoms with E-state index in [1.165, 1.54) is 4.90 Å². The van der Waals surface area contributed by atoms with E-state index in [0.29, 0.717) is 29.4 Å². The molecular weight excluding hydrogens is 454 g/mol. The summed E-state index contributed by atoms with van der Waals surface area (Å²) in [5.74, 6) is -0.259. The number of aryl methyl sites for hydroxylation is 2. The van der Waals surface area contributed by atoms with Gasteiger partial charge in [0, 0.05) is 11.3 Å². The summed E-state index contributed by atoms with van der Waals surface area (Å²) < 4.78 is 11.3. The van der Waals surface area contributed by atoms with E-state index < -0.39 is 17.7 Å². The molecule has 4 rings (SSSR count). The fourth-order valence-corrected chi connectivity index (χ4v) is 4.49. The number of Topliss-reactive ketones (excluding diaryl/α,β-unsaturated/α-hetero) is 1. The maximum Gasteiger partial charge on any atom is 0.300 e. The van der Waals surface area contributed by atoms with E-state index in [9.17, 15) is 14.7 Å². The van der Waals surface area contributed by atoms with Crippen molar-refractivity contribution < 1.29 is 24.2 Å². The number of ether oxygens (including phenoxy) is 2. The third kappa shape index (κ3) is 4.71. The van der Waals surface area contributed by atoms with Crippen LogP contribution < -0.4 is 14.4 Å². The van der Waals surface area contributed by atoms with Crippen LogP contribution in [0.1, 0.15) is 49.1 Å². The van der Waals surface area contributed by atoms with E-state index in [1.807, 2.05) is 58.9 Å². The van der Waals surface area contributed by atoms with Crippen molar-refractivity contribution in [3.63, 3.8) is 0 Å². The zero-order valence-corrected chi connectivity index (χ0v) is 21.2. The summed E-state index contributed by atoms with van der Waals surface area (Å²) in [6, 6.07) is 19.1. The number of hydrogen-bond donors (Lipinski definition) is 1. The van der Waals surface area contributed by atoms with Crippen LogP contribution >= 0.6 is 0 Å². The molecule has 1 aliphatic rings. The molecule has 6 heteroatoms. The van der Waals surface area contributed by atoms with Gasteiger partial charge in [0.2, 0.25) is 0 Å². The first-order valence-corrected chi connectivity index (χ1v) is 12.1. The maximum absolute atomic E-state index is 13.4. The highest BCUT2D eigenvalue weighted by atomic mass is 16.5. The monoisotopic (exact) mass is 485 g/mol. The molecule has 6 nitrogen and oxygen atoms in total. The first-order chi connectivity index (χ1) is 17.2. The van der Waals surface area contributed by atoms with Crippen molar-refractivity contribution in [1.29, 1.82) is 0 Å². The molecule has 0 radical (unpaired) electrons. The predicted octanol–water partition coefficient (Wildman–Crippen LogP) is 6.12. The molecule has 1 amide bonds. The Bertz CT molecular complexity index is 1320. The highest BCUT2D eigenvalue weighted by Gasteiger charge is 2.47. The van der Waals surface area contributed by atoms with Crippen molar-refractivity contribution >= 4 is 23.1 Å². The third-order valence-corrected chi connectivity index (χ3v) is 6.16. The number of nitrogens with zero attached hydrogens (tertiary/aromatic N) is 1. The lowest BCUT2D eigenvalue weighted by Crippen LogP contribution is -2.29. The molecule has 0 aliphatic carbocycles. The number of benzene rings is 3. The van der Waals surface area contributed by atoms with Gasteiger partial charge in [-0.05, 0) is 93.8 Å². The lowest BCUT2D eigenvalue weighted by molar-refractivity contribution is -0.132. The summed E-state index contributed by atoms with van der Waals surface area (Å²) in [5, 5.41) is 11.4. The quantitative estimate of drug-likeness (QED) is 0.248. The van der Waals surface area contributed by atoms with Crippen LogP contribution in [0.5, 0.6) is 11.5 Å². The van der Waals surface area contributed by atoms with E-state index in [-0.39, 0.29) is 17.4 Å².